The lowest BCUT2D eigenvalue weighted by Gasteiger charge is -2.27. The van der Waals surface area contributed by atoms with Crippen molar-refractivity contribution in [3.63, 3.8) is 0 Å². The number of rotatable bonds is 3. The van der Waals surface area contributed by atoms with Crippen molar-refractivity contribution in [3.05, 3.63) is 77.6 Å². The molecule has 0 aliphatic rings. The molecule has 0 fully saturated rings. The monoisotopic (exact) mass is 295 g/mol. The first-order valence-corrected chi connectivity index (χ1v) is 7.21. The number of fused-ring (bicyclic) bond motifs is 1. The Hall–Kier alpha value is -2.39. The number of phenolic OH excluding ortho intramolecular Hbond substituents is 1. The molecule has 0 heterocycles. The van der Waals surface area contributed by atoms with Crippen molar-refractivity contribution in [1.29, 1.82) is 0 Å². The van der Waals surface area contributed by atoms with Gasteiger partial charge in [0, 0.05) is 11.1 Å². The molecule has 3 rings (SSSR count). The van der Waals surface area contributed by atoms with E-state index in [2.05, 4.69) is 0 Å². The first-order valence-electron chi connectivity index (χ1n) is 7.21. The molecule has 0 unspecified atom stereocenters. The Labute approximate surface area is 129 Å². The number of halogens is 1. The minimum Gasteiger partial charge on any atom is -0.508 e. The molecule has 0 aliphatic carbocycles. The van der Waals surface area contributed by atoms with Crippen LogP contribution in [0.5, 0.6) is 5.75 Å². The average Bonchev–Trinajstić information content (AvgIpc) is 2.51. The van der Waals surface area contributed by atoms with Gasteiger partial charge in [0.2, 0.25) is 0 Å². The fourth-order valence-electron chi connectivity index (χ4n) is 2.96. The molecule has 112 valence electrons. The molecule has 0 aromatic heterocycles. The van der Waals surface area contributed by atoms with Gasteiger partial charge < -0.3 is 5.11 Å². The minimum absolute atomic E-state index is 0.181. The number of benzene rings is 3. The Morgan fingerprint density at radius 2 is 1.59 bits per heavy atom. The van der Waals surface area contributed by atoms with Gasteiger partial charge in [-0.15, -0.1) is 0 Å². The summed E-state index contributed by atoms with van der Waals surface area (Å²) in [5.74, 6) is -0.0887. The Balaban J connectivity index is 2.31. The first kappa shape index (κ1) is 14.5. The summed E-state index contributed by atoms with van der Waals surface area (Å²) in [5.41, 5.74) is 1.28. The molecule has 0 spiro atoms. The van der Waals surface area contributed by atoms with Crippen molar-refractivity contribution in [2.45, 2.75) is 6.04 Å². The van der Waals surface area contributed by atoms with Crippen molar-refractivity contribution in [2.24, 2.45) is 0 Å². The molecule has 0 radical (unpaired) electrons. The van der Waals surface area contributed by atoms with Crippen LogP contribution in [0.4, 0.5) is 4.39 Å². The molecule has 0 bridgehead atoms. The fraction of sp³-hybridized carbons (Fsp3) is 0.158. The largest absolute Gasteiger partial charge is 0.508 e. The van der Waals surface area contributed by atoms with Crippen LogP contribution in [0.25, 0.3) is 10.8 Å². The van der Waals surface area contributed by atoms with Crippen molar-refractivity contribution in [3.8, 4) is 5.75 Å². The summed E-state index contributed by atoms with van der Waals surface area (Å²) < 4.78 is 14.3. The number of hydrogen-bond acceptors (Lipinski definition) is 2. The molecule has 1 atom stereocenters. The minimum atomic E-state index is -0.354. The zero-order valence-electron chi connectivity index (χ0n) is 12.6. The van der Waals surface area contributed by atoms with Gasteiger partial charge in [-0.25, -0.2) is 4.39 Å². The zero-order valence-corrected chi connectivity index (χ0v) is 12.6. The van der Waals surface area contributed by atoms with E-state index in [-0.39, 0.29) is 17.6 Å². The third-order valence-corrected chi connectivity index (χ3v) is 3.94. The second-order valence-corrected chi connectivity index (χ2v) is 5.61. The maximum atomic E-state index is 14.3. The van der Waals surface area contributed by atoms with E-state index >= 15 is 0 Å². The summed E-state index contributed by atoms with van der Waals surface area (Å²) in [6, 6.07) is 17.7. The normalized spacial score (nSPS) is 12.7. The highest BCUT2D eigenvalue weighted by atomic mass is 19.1. The maximum absolute atomic E-state index is 14.3. The van der Waals surface area contributed by atoms with Gasteiger partial charge in [-0.2, -0.15) is 0 Å². The quantitative estimate of drug-likeness (QED) is 0.777. The Morgan fingerprint density at radius 1 is 0.909 bits per heavy atom. The number of nitrogens with zero attached hydrogens (tertiary/aromatic N) is 1. The second kappa shape index (κ2) is 5.78. The van der Waals surface area contributed by atoms with Gasteiger partial charge >= 0.3 is 0 Å². The standard InChI is InChI=1S/C19H18FNO/c1-21(2)19(15-9-5-6-10-16(15)20)18-14-8-4-3-7-13(14)11-12-17(18)22/h3-12,19,22H,1-2H3/t19-/m1/s1. The summed E-state index contributed by atoms with van der Waals surface area (Å²) in [7, 11) is 3.77. The smallest absolute Gasteiger partial charge is 0.128 e. The average molecular weight is 295 g/mol. The molecule has 0 aliphatic heterocycles. The summed E-state index contributed by atoms with van der Waals surface area (Å²) in [5, 5.41) is 12.4. The summed E-state index contributed by atoms with van der Waals surface area (Å²) in [6.45, 7) is 0. The highest BCUT2D eigenvalue weighted by Gasteiger charge is 2.24. The Morgan fingerprint density at radius 3 is 2.32 bits per heavy atom. The van der Waals surface area contributed by atoms with Crippen LogP contribution in [0, 0.1) is 5.82 Å². The van der Waals surface area contributed by atoms with Crippen molar-refractivity contribution in [2.75, 3.05) is 14.1 Å². The van der Waals surface area contributed by atoms with E-state index in [1.165, 1.54) is 6.07 Å². The zero-order chi connectivity index (χ0) is 15.7. The number of aromatic hydroxyl groups is 1. The van der Waals surface area contributed by atoms with Crippen LogP contribution in [-0.2, 0) is 0 Å². The van der Waals surface area contributed by atoms with E-state index in [0.29, 0.717) is 5.56 Å². The second-order valence-electron chi connectivity index (χ2n) is 5.61. The van der Waals surface area contributed by atoms with Gasteiger partial charge in [0.25, 0.3) is 0 Å². The van der Waals surface area contributed by atoms with Gasteiger partial charge in [0.15, 0.2) is 0 Å². The molecule has 0 saturated carbocycles. The van der Waals surface area contributed by atoms with Crippen LogP contribution in [0.15, 0.2) is 60.7 Å². The van der Waals surface area contributed by atoms with Crippen LogP contribution < -0.4 is 0 Å². The van der Waals surface area contributed by atoms with Gasteiger partial charge in [0.1, 0.15) is 11.6 Å². The lowest BCUT2D eigenvalue weighted by molar-refractivity contribution is 0.326. The van der Waals surface area contributed by atoms with Gasteiger partial charge in [-0.3, -0.25) is 4.90 Å². The van der Waals surface area contributed by atoms with Crippen LogP contribution in [0.2, 0.25) is 0 Å². The van der Waals surface area contributed by atoms with E-state index in [1.54, 1.807) is 18.2 Å². The molecular weight excluding hydrogens is 277 g/mol. The molecule has 22 heavy (non-hydrogen) atoms. The van der Waals surface area contributed by atoms with Crippen LogP contribution >= 0.6 is 0 Å². The molecular formula is C19H18FNO. The first-order chi connectivity index (χ1) is 10.6. The molecule has 1 N–H and O–H groups in total. The van der Waals surface area contributed by atoms with Crippen LogP contribution in [0.1, 0.15) is 17.2 Å². The van der Waals surface area contributed by atoms with E-state index in [4.69, 9.17) is 0 Å². The molecule has 0 amide bonds. The third kappa shape index (κ3) is 2.44. The van der Waals surface area contributed by atoms with Gasteiger partial charge in [-0.1, -0.05) is 48.5 Å². The molecule has 3 aromatic rings. The van der Waals surface area contributed by atoms with Gasteiger partial charge in [-0.05, 0) is 37.0 Å². The highest BCUT2D eigenvalue weighted by Crippen LogP contribution is 2.38. The molecule has 3 aromatic carbocycles. The summed E-state index contributed by atoms with van der Waals surface area (Å²) >= 11 is 0. The molecule has 0 saturated heterocycles. The molecule has 3 heteroatoms. The fourth-order valence-corrected chi connectivity index (χ4v) is 2.96. The predicted octanol–water partition coefficient (Wildman–Crippen LogP) is 4.34. The van der Waals surface area contributed by atoms with E-state index in [1.807, 2.05) is 55.4 Å². The Kier molecular flexibility index (Phi) is 3.82. The van der Waals surface area contributed by atoms with Crippen molar-refractivity contribution >= 4 is 10.8 Å². The number of hydrogen-bond donors (Lipinski definition) is 1. The lowest BCUT2D eigenvalue weighted by Crippen LogP contribution is -2.22. The topological polar surface area (TPSA) is 23.5 Å². The van der Waals surface area contributed by atoms with Crippen molar-refractivity contribution in [1.82, 2.24) is 4.90 Å². The SMILES string of the molecule is CN(C)[C@H](c1ccccc1F)c1c(O)ccc2ccccc12. The van der Waals surface area contributed by atoms with E-state index in [9.17, 15) is 9.50 Å². The predicted molar refractivity (Wildman–Crippen MR) is 87.5 cm³/mol. The number of phenols is 1. The van der Waals surface area contributed by atoms with Crippen LogP contribution in [0.3, 0.4) is 0 Å². The van der Waals surface area contributed by atoms with Gasteiger partial charge in [0.05, 0.1) is 6.04 Å². The van der Waals surface area contributed by atoms with Crippen LogP contribution in [-0.4, -0.2) is 24.1 Å². The van der Waals surface area contributed by atoms with E-state index < -0.39 is 0 Å². The highest BCUT2D eigenvalue weighted by molar-refractivity contribution is 5.88. The lowest BCUT2D eigenvalue weighted by atomic mass is 9.92. The summed E-state index contributed by atoms with van der Waals surface area (Å²) in [4.78, 5) is 1.92. The molecule has 2 nitrogen and oxygen atoms in total. The maximum Gasteiger partial charge on any atom is 0.128 e. The Bertz CT molecular complexity index is 813. The van der Waals surface area contributed by atoms with Crippen molar-refractivity contribution < 1.29 is 9.50 Å². The summed E-state index contributed by atoms with van der Waals surface area (Å²) in [6.07, 6.45) is 0. The third-order valence-electron chi connectivity index (χ3n) is 3.94. The van der Waals surface area contributed by atoms with E-state index in [0.717, 1.165) is 16.3 Å².